The van der Waals surface area contributed by atoms with Gasteiger partial charge >= 0.3 is 0 Å². The SMILES string of the molecule is Cc1cnc(N)c(-c2ccc(C)c(C)c2)c1. The van der Waals surface area contributed by atoms with Gasteiger partial charge in [0.25, 0.3) is 0 Å². The van der Waals surface area contributed by atoms with Gasteiger partial charge in [-0.25, -0.2) is 4.98 Å². The van der Waals surface area contributed by atoms with E-state index in [4.69, 9.17) is 5.73 Å². The summed E-state index contributed by atoms with van der Waals surface area (Å²) in [5.74, 6) is 0.592. The first-order valence-corrected chi connectivity index (χ1v) is 5.37. The summed E-state index contributed by atoms with van der Waals surface area (Å²) >= 11 is 0. The topological polar surface area (TPSA) is 38.9 Å². The molecule has 2 aromatic rings. The molecule has 82 valence electrons. The molecule has 0 amide bonds. The van der Waals surface area contributed by atoms with Crippen LogP contribution in [0.15, 0.2) is 30.5 Å². The number of nitrogens with zero attached hydrogens (tertiary/aromatic N) is 1. The summed E-state index contributed by atoms with van der Waals surface area (Å²) in [4.78, 5) is 4.18. The van der Waals surface area contributed by atoms with Crippen molar-refractivity contribution < 1.29 is 0 Å². The summed E-state index contributed by atoms with van der Waals surface area (Å²) < 4.78 is 0. The van der Waals surface area contributed by atoms with Crippen LogP contribution in [0.2, 0.25) is 0 Å². The molecule has 2 heteroatoms. The van der Waals surface area contributed by atoms with Crippen LogP contribution in [0.4, 0.5) is 5.82 Å². The van der Waals surface area contributed by atoms with Gasteiger partial charge in [0.2, 0.25) is 0 Å². The molecule has 0 aliphatic carbocycles. The second-order valence-electron chi connectivity index (χ2n) is 4.24. The van der Waals surface area contributed by atoms with Crippen molar-refractivity contribution in [1.29, 1.82) is 0 Å². The van der Waals surface area contributed by atoms with Gasteiger partial charge in [-0.2, -0.15) is 0 Å². The lowest BCUT2D eigenvalue weighted by Crippen LogP contribution is -1.95. The highest BCUT2D eigenvalue weighted by Crippen LogP contribution is 2.26. The highest BCUT2D eigenvalue weighted by atomic mass is 14.8. The van der Waals surface area contributed by atoms with Crippen molar-refractivity contribution in [1.82, 2.24) is 4.98 Å². The minimum atomic E-state index is 0.592. The molecule has 2 nitrogen and oxygen atoms in total. The number of aryl methyl sites for hydroxylation is 3. The molecular weight excluding hydrogens is 196 g/mol. The van der Waals surface area contributed by atoms with E-state index in [9.17, 15) is 0 Å². The first kappa shape index (κ1) is 10.7. The van der Waals surface area contributed by atoms with Crippen LogP contribution < -0.4 is 5.73 Å². The fraction of sp³-hybridized carbons (Fsp3) is 0.214. The van der Waals surface area contributed by atoms with E-state index in [1.165, 1.54) is 11.1 Å². The average Bonchev–Trinajstić information content (AvgIpc) is 2.26. The van der Waals surface area contributed by atoms with Crippen LogP contribution in [-0.4, -0.2) is 4.98 Å². The summed E-state index contributed by atoms with van der Waals surface area (Å²) in [7, 11) is 0. The monoisotopic (exact) mass is 212 g/mol. The number of anilines is 1. The van der Waals surface area contributed by atoms with Crippen LogP contribution in [-0.2, 0) is 0 Å². The lowest BCUT2D eigenvalue weighted by molar-refractivity contribution is 1.27. The van der Waals surface area contributed by atoms with Gasteiger partial charge in [0, 0.05) is 11.8 Å². The quantitative estimate of drug-likeness (QED) is 0.788. The van der Waals surface area contributed by atoms with Gasteiger partial charge in [-0.15, -0.1) is 0 Å². The maximum atomic E-state index is 5.90. The zero-order valence-corrected chi connectivity index (χ0v) is 9.91. The Morgan fingerprint density at radius 2 is 1.75 bits per heavy atom. The van der Waals surface area contributed by atoms with E-state index in [2.05, 4.69) is 43.1 Å². The number of nitrogen functional groups attached to an aromatic ring is 1. The molecule has 1 aromatic carbocycles. The van der Waals surface area contributed by atoms with E-state index in [1.807, 2.05) is 6.92 Å². The molecule has 0 unspecified atom stereocenters. The van der Waals surface area contributed by atoms with Crippen LogP contribution in [0.3, 0.4) is 0 Å². The molecule has 0 atom stereocenters. The summed E-state index contributed by atoms with van der Waals surface area (Å²) in [5.41, 5.74) is 11.7. The third-order valence-electron chi connectivity index (χ3n) is 2.87. The van der Waals surface area contributed by atoms with Gasteiger partial charge in [0.15, 0.2) is 0 Å². The van der Waals surface area contributed by atoms with Crippen molar-refractivity contribution in [3.05, 3.63) is 47.2 Å². The van der Waals surface area contributed by atoms with Crippen molar-refractivity contribution in [3.63, 3.8) is 0 Å². The third kappa shape index (κ3) is 1.91. The van der Waals surface area contributed by atoms with Crippen molar-refractivity contribution in [2.45, 2.75) is 20.8 Å². The molecule has 0 saturated heterocycles. The highest BCUT2D eigenvalue weighted by Gasteiger charge is 2.05. The van der Waals surface area contributed by atoms with E-state index in [1.54, 1.807) is 6.20 Å². The first-order chi connectivity index (χ1) is 7.58. The maximum absolute atomic E-state index is 5.90. The van der Waals surface area contributed by atoms with Crippen LogP contribution in [0.1, 0.15) is 16.7 Å². The number of hydrogen-bond acceptors (Lipinski definition) is 2. The number of rotatable bonds is 1. The Morgan fingerprint density at radius 1 is 1.00 bits per heavy atom. The fourth-order valence-electron chi connectivity index (χ4n) is 1.72. The Balaban J connectivity index is 2.58. The Hall–Kier alpha value is -1.83. The Morgan fingerprint density at radius 3 is 2.44 bits per heavy atom. The number of pyridine rings is 1. The Labute approximate surface area is 96.1 Å². The second kappa shape index (κ2) is 3.97. The minimum absolute atomic E-state index is 0.592. The molecule has 0 fully saturated rings. The molecule has 0 aliphatic heterocycles. The third-order valence-corrected chi connectivity index (χ3v) is 2.87. The predicted octanol–water partition coefficient (Wildman–Crippen LogP) is 3.26. The molecule has 1 aromatic heterocycles. The van der Waals surface area contributed by atoms with Gasteiger partial charge in [-0.1, -0.05) is 18.2 Å². The normalized spacial score (nSPS) is 10.4. The van der Waals surface area contributed by atoms with Crippen molar-refractivity contribution in [2.75, 3.05) is 5.73 Å². The molecule has 0 saturated carbocycles. The molecular formula is C14H16N2. The lowest BCUT2D eigenvalue weighted by atomic mass is 10.0. The van der Waals surface area contributed by atoms with Gasteiger partial charge in [-0.3, -0.25) is 0 Å². The van der Waals surface area contributed by atoms with Crippen molar-refractivity contribution in [2.24, 2.45) is 0 Å². The van der Waals surface area contributed by atoms with Crippen molar-refractivity contribution in [3.8, 4) is 11.1 Å². The minimum Gasteiger partial charge on any atom is -0.383 e. The molecule has 2 N–H and O–H groups in total. The Bertz CT molecular complexity index is 530. The molecule has 0 bridgehead atoms. The molecule has 2 rings (SSSR count). The maximum Gasteiger partial charge on any atom is 0.131 e. The molecule has 0 radical (unpaired) electrons. The summed E-state index contributed by atoms with van der Waals surface area (Å²) in [6, 6.07) is 8.44. The average molecular weight is 212 g/mol. The molecule has 0 aliphatic rings. The van der Waals surface area contributed by atoms with Gasteiger partial charge < -0.3 is 5.73 Å². The lowest BCUT2D eigenvalue weighted by Gasteiger charge is -2.08. The fourth-order valence-corrected chi connectivity index (χ4v) is 1.72. The number of nitrogens with two attached hydrogens (primary N) is 1. The van der Waals surface area contributed by atoms with E-state index in [0.29, 0.717) is 5.82 Å². The smallest absolute Gasteiger partial charge is 0.131 e. The van der Waals surface area contributed by atoms with Crippen molar-refractivity contribution >= 4 is 5.82 Å². The standard InChI is InChI=1S/C14H16N2/c1-9-6-13(14(15)16-8-9)12-5-4-10(2)11(3)7-12/h4-8H,1-3H3,(H2,15,16). The van der Waals surface area contributed by atoms with E-state index >= 15 is 0 Å². The number of hydrogen-bond donors (Lipinski definition) is 1. The number of aromatic nitrogens is 1. The predicted molar refractivity (Wildman–Crippen MR) is 68.3 cm³/mol. The zero-order chi connectivity index (χ0) is 11.7. The molecule has 16 heavy (non-hydrogen) atoms. The summed E-state index contributed by atoms with van der Waals surface area (Å²) in [5, 5.41) is 0. The van der Waals surface area contributed by atoms with Crippen LogP contribution in [0, 0.1) is 20.8 Å². The van der Waals surface area contributed by atoms with Crippen LogP contribution in [0.25, 0.3) is 11.1 Å². The van der Waals surface area contributed by atoms with Crippen LogP contribution in [0.5, 0.6) is 0 Å². The molecule has 0 spiro atoms. The van der Waals surface area contributed by atoms with Gasteiger partial charge in [-0.05, 0) is 49.1 Å². The highest BCUT2D eigenvalue weighted by molar-refractivity contribution is 5.74. The summed E-state index contributed by atoms with van der Waals surface area (Å²) in [6.45, 7) is 6.24. The van der Waals surface area contributed by atoms with E-state index in [0.717, 1.165) is 16.7 Å². The van der Waals surface area contributed by atoms with Gasteiger partial charge in [0.1, 0.15) is 5.82 Å². The van der Waals surface area contributed by atoms with E-state index in [-0.39, 0.29) is 0 Å². The molecule has 1 heterocycles. The van der Waals surface area contributed by atoms with Gasteiger partial charge in [0.05, 0.1) is 0 Å². The number of benzene rings is 1. The first-order valence-electron chi connectivity index (χ1n) is 5.37. The largest absolute Gasteiger partial charge is 0.383 e. The van der Waals surface area contributed by atoms with Crippen LogP contribution >= 0.6 is 0 Å². The second-order valence-corrected chi connectivity index (χ2v) is 4.24. The Kier molecular flexibility index (Phi) is 2.65. The van der Waals surface area contributed by atoms with E-state index < -0.39 is 0 Å². The summed E-state index contributed by atoms with van der Waals surface area (Å²) in [6.07, 6.45) is 1.79. The zero-order valence-electron chi connectivity index (χ0n) is 9.91.